The van der Waals surface area contributed by atoms with Crippen LogP contribution < -0.4 is 10.6 Å². The predicted molar refractivity (Wildman–Crippen MR) is 95.7 cm³/mol. The maximum atomic E-state index is 13.2. The summed E-state index contributed by atoms with van der Waals surface area (Å²) >= 11 is 0. The van der Waals surface area contributed by atoms with Crippen molar-refractivity contribution >= 4 is 29.2 Å². The fourth-order valence-electron chi connectivity index (χ4n) is 2.86. The van der Waals surface area contributed by atoms with Crippen molar-refractivity contribution in [3.05, 3.63) is 70.0 Å². The summed E-state index contributed by atoms with van der Waals surface area (Å²) in [5.41, 5.74) is -1.10. The molecule has 0 aromatic heterocycles. The van der Waals surface area contributed by atoms with Gasteiger partial charge in [-0.2, -0.15) is 0 Å². The van der Waals surface area contributed by atoms with Gasteiger partial charge in [-0.05, 0) is 42.8 Å². The average molecular weight is 386 g/mol. The number of carbonyl (C=O) groups excluding carboxylic acids is 3. The van der Waals surface area contributed by atoms with Crippen molar-refractivity contribution in [2.75, 3.05) is 11.9 Å². The normalized spacial score (nSPS) is 18.7. The molecule has 0 spiro atoms. The van der Waals surface area contributed by atoms with Crippen LogP contribution in [0.3, 0.4) is 0 Å². The number of benzene rings is 2. The van der Waals surface area contributed by atoms with Crippen LogP contribution in [0.5, 0.6) is 0 Å². The Labute approximate surface area is 158 Å². The Hall–Kier alpha value is -3.82. The van der Waals surface area contributed by atoms with Crippen LogP contribution in [0.1, 0.15) is 12.5 Å². The van der Waals surface area contributed by atoms with Gasteiger partial charge < -0.3 is 10.6 Å². The molecule has 1 heterocycles. The van der Waals surface area contributed by atoms with E-state index in [1.54, 1.807) is 0 Å². The van der Waals surface area contributed by atoms with E-state index >= 15 is 0 Å². The minimum atomic E-state index is -1.47. The van der Waals surface area contributed by atoms with E-state index in [1.165, 1.54) is 49.4 Å². The first kappa shape index (κ1) is 19.0. The molecule has 2 aromatic carbocycles. The van der Waals surface area contributed by atoms with Crippen LogP contribution in [0.25, 0.3) is 0 Å². The van der Waals surface area contributed by atoms with Gasteiger partial charge in [0.2, 0.25) is 5.91 Å². The molecule has 9 nitrogen and oxygen atoms in total. The van der Waals surface area contributed by atoms with Gasteiger partial charge in [0, 0.05) is 17.8 Å². The standard InChI is InChI=1S/C18H15FN4O5/c1-18(11-5-7-14(8-6-11)23(27)28)16(25)22(17(26)21-18)10-15(24)20-13-4-2-3-12(19)9-13/h2-9H,10H2,1H3,(H,20,24)(H,21,26)/t18-/m0/s1. The first-order valence-corrected chi connectivity index (χ1v) is 8.15. The molecule has 1 saturated heterocycles. The molecule has 0 radical (unpaired) electrons. The number of nitro benzene ring substituents is 1. The number of non-ortho nitro benzene ring substituents is 1. The third-order valence-electron chi connectivity index (χ3n) is 4.34. The van der Waals surface area contributed by atoms with Crippen molar-refractivity contribution in [3.8, 4) is 0 Å². The molecule has 1 aliphatic rings. The molecule has 1 fully saturated rings. The van der Waals surface area contributed by atoms with E-state index in [-0.39, 0.29) is 11.4 Å². The van der Waals surface area contributed by atoms with Crippen LogP contribution in [0.4, 0.5) is 20.6 Å². The number of carbonyl (C=O) groups is 3. The fourth-order valence-corrected chi connectivity index (χ4v) is 2.86. The molecule has 1 atom stereocenters. The lowest BCUT2D eigenvalue weighted by Crippen LogP contribution is -2.42. The van der Waals surface area contributed by atoms with Gasteiger partial charge in [-0.1, -0.05) is 6.07 Å². The van der Waals surface area contributed by atoms with Crippen LogP contribution in [-0.2, 0) is 15.1 Å². The van der Waals surface area contributed by atoms with Crippen molar-refractivity contribution in [2.45, 2.75) is 12.5 Å². The minimum absolute atomic E-state index is 0.157. The van der Waals surface area contributed by atoms with Gasteiger partial charge in [-0.3, -0.25) is 24.6 Å². The van der Waals surface area contributed by atoms with Crippen LogP contribution in [0, 0.1) is 15.9 Å². The van der Waals surface area contributed by atoms with E-state index in [1.807, 2.05) is 0 Å². The molecule has 0 unspecified atom stereocenters. The number of nitro groups is 1. The van der Waals surface area contributed by atoms with Gasteiger partial charge in [0.25, 0.3) is 11.6 Å². The van der Waals surface area contributed by atoms with Gasteiger partial charge in [0.1, 0.15) is 17.9 Å². The third-order valence-corrected chi connectivity index (χ3v) is 4.34. The predicted octanol–water partition coefficient (Wildman–Crippen LogP) is 2.14. The van der Waals surface area contributed by atoms with Gasteiger partial charge in [0.05, 0.1) is 4.92 Å². The minimum Gasteiger partial charge on any atom is -0.324 e. The molecule has 10 heteroatoms. The van der Waals surface area contributed by atoms with Crippen molar-refractivity contribution < 1.29 is 23.7 Å². The maximum Gasteiger partial charge on any atom is 0.325 e. The van der Waals surface area contributed by atoms with Crippen molar-refractivity contribution in [1.82, 2.24) is 10.2 Å². The first-order valence-electron chi connectivity index (χ1n) is 8.15. The molecule has 144 valence electrons. The average Bonchev–Trinajstić information content (AvgIpc) is 2.86. The first-order chi connectivity index (χ1) is 13.2. The maximum absolute atomic E-state index is 13.2. The lowest BCUT2D eigenvalue weighted by atomic mass is 9.92. The van der Waals surface area contributed by atoms with E-state index in [0.717, 1.165) is 11.0 Å². The van der Waals surface area contributed by atoms with Crippen LogP contribution >= 0.6 is 0 Å². The van der Waals surface area contributed by atoms with Crippen LogP contribution in [0.15, 0.2) is 48.5 Å². The highest BCUT2D eigenvalue weighted by Gasteiger charge is 2.49. The zero-order valence-electron chi connectivity index (χ0n) is 14.6. The van der Waals surface area contributed by atoms with Gasteiger partial charge >= 0.3 is 6.03 Å². The van der Waals surface area contributed by atoms with Crippen molar-refractivity contribution in [2.24, 2.45) is 0 Å². The second-order valence-corrected chi connectivity index (χ2v) is 6.31. The summed E-state index contributed by atoms with van der Waals surface area (Å²) in [6, 6.07) is 9.59. The SMILES string of the molecule is C[C@@]1(c2ccc([N+](=O)[O-])cc2)NC(=O)N(CC(=O)Nc2cccc(F)c2)C1=O. The number of amides is 4. The molecule has 4 amide bonds. The monoisotopic (exact) mass is 386 g/mol. The number of urea groups is 1. The topological polar surface area (TPSA) is 122 Å². The van der Waals surface area contributed by atoms with E-state index in [0.29, 0.717) is 5.56 Å². The van der Waals surface area contributed by atoms with Gasteiger partial charge in [0.15, 0.2) is 0 Å². The Morgan fingerprint density at radius 3 is 2.54 bits per heavy atom. The molecule has 0 aliphatic carbocycles. The molecule has 0 bridgehead atoms. The highest BCUT2D eigenvalue weighted by Crippen LogP contribution is 2.30. The molecule has 3 rings (SSSR count). The number of nitrogens with one attached hydrogen (secondary N) is 2. The van der Waals surface area contributed by atoms with Gasteiger partial charge in [-0.25, -0.2) is 9.18 Å². The summed E-state index contributed by atoms with van der Waals surface area (Å²) in [7, 11) is 0. The number of halogens is 1. The number of hydrogen-bond donors (Lipinski definition) is 2. The summed E-state index contributed by atoms with van der Waals surface area (Å²) in [6.07, 6.45) is 0. The number of nitrogens with zero attached hydrogens (tertiary/aromatic N) is 2. The Bertz CT molecular complexity index is 978. The van der Waals surface area contributed by atoms with Crippen LogP contribution in [0.2, 0.25) is 0 Å². The summed E-state index contributed by atoms with van der Waals surface area (Å²) < 4.78 is 13.2. The second-order valence-electron chi connectivity index (χ2n) is 6.31. The highest BCUT2D eigenvalue weighted by molar-refractivity contribution is 6.10. The fraction of sp³-hybridized carbons (Fsp3) is 0.167. The Morgan fingerprint density at radius 1 is 1.25 bits per heavy atom. The van der Waals surface area contributed by atoms with E-state index in [2.05, 4.69) is 10.6 Å². The number of hydrogen-bond acceptors (Lipinski definition) is 5. The second kappa shape index (κ2) is 7.06. The quantitative estimate of drug-likeness (QED) is 0.463. The summed E-state index contributed by atoms with van der Waals surface area (Å²) in [5.74, 6) is -1.90. The van der Waals surface area contributed by atoms with E-state index in [9.17, 15) is 28.9 Å². The van der Waals surface area contributed by atoms with E-state index in [4.69, 9.17) is 0 Å². The Balaban J connectivity index is 1.75. The largest absolute Gasteiger partial charge is 0.325 e. The molecular weight excluding hydrogens is 371 g/mol. The van der Waals surface area contributed by atoms with Crippen molar-refractivity contribution in [1.29, 1.82) is 0 Å². The number of anilines is 1. The Kier molecular flexibility index (Phi) is 4.78. The third kappa shape index (κ3) is 3.52. The lowest BCUT2D eigenvalue weighted by Gasteiger charge is -2.22. The van der Waals surface area contributed by atoms with E-state index < -0.39 is 40.7 Å². The molecule has 0 saturated carbocycles. The smallest absolute Gasteiger partial charge is 0.324 e. The molecule has 1 aliphatic heterocycles. The summed E-state index contributed by atoms with van der Waals surface area (Å²) in [6.45, 7) is 0.878. The highest BCUT2D eigenvalue weighted by atomic mass is 19.1. The summed E-state index contributed by atoms with van der Waals surface area (Å²) in [5, 5.41) is 15.7. The van der Waals surface area contributed by atoms with Crippen molar-refractivity contribution in [3.63, 3.8) is 0 Å². The number of imide groups is 1. The zero-order chi connectivity index (χ0) is 20.5. The lowest BCUT2D eigenvalue weighted by molar-refractivity contribution is -0.384. The number of rotatable bonds is 5. The van der Waals surface area contributed by atoms with Crippen LogP contribution in [-0.4, -0.2) is 34.2 Å². The molecule has 28 heavy (non-hydrogen) atoms. The molecule has 2 N–H and O–H groups in total. The molecule has 2 aromatic rings. The Morgan fingerprint density at radius 2 is 1.93 bits per heavy atom. The molecular formula is C18H15FN4O5. The summed E-state index contributed by atoms with van der Waals surface area (Å²) in [4.78, 5) is 48.1. The zero-order valence-corrected chi connectivity index (χ0v) is 14.6. The van der Waals surface area contributed by atoms with Gasteiger partial charge in [-0.15, -0.1) is 0 Å².